The Morgan fingerprint density at radius 3 is 1.94 bits per heavy atom. The fourth-order valence-corrected chi connectivity index (χ4v) is 9.50. The molecule has 0 atom stereocenters. The van der Waals surface area contributed by atoms with E-state index in [0.717, 1.165) is 72.9 Å². The summed E-state index contributed by atoms with van der Waals surface area (Å²) in [6, 6.07) is 42.3. The summed E-state index contributed by atoms with van der Waals surface area (Å²) in [5, 5.41) is 12.7. The summed E-state index contributed by atoms with van der Waals surface area (Å²) in [6.45, 7) is 26.1. The Balaban J connectivity index is 0.00000578. The molecule has 10 rings (SSSR count). The molecular weight excluding hydrogens is 1020 g/mol. The van der Waals surface area contributed by atoms with Gasteiger partial charge in [0.1, 0.15) is 11.6 Å². The third kappa shape index (κ3) is 8.19. The van der Waals surface area contributed by atoms with Crippen LogP contribution in [-0.4, -0.2) is 37.1 Å². The summed E-state index contributed by atoms with van der Waals surface area (Å²) in [4.78, 5) is 18.3. The largest absolute Gasteiger partial charge is 0.507 e. The summed E-state index contributed by atoms with van der Waals surface area (Å²) in [6.07, 6.45) is 7.94. The molecular formula is C59H59BN5O2Pt-. The molecule has 0 amide bonds. The normalized spacial score (nSPS) is 14.3. The van der Waals surface area contributed by atoms with Crippen LogP contribution in [0.3, 0.4) is 0 Å². The second-order valence-corrected chi connectivity index (χ2v) is 22.3. The van der Waals surface area contributed by atoms with Crippen LogP contribution in [0.4, 0.5) is 5.69 Å². The van der Waals surface area contributed by atoms with Crippen molar-refractivity contribution >= 4 is 29.4 Å². The van der Waals surface area contributed by atoms with E-state index in [1.165, 1.54) is 5.56 Å². The first-order chi connectivity index (χ1) is 31.7. The smallest absolute Gasteiger partial charge is 0.343 e. The monoisotopic (exact) mass is 1080 g/mol. The Labute approximate surface area is 417 Å². The molecule has 0 saturated carbocycles. The third-order valence-corrected chi connectivity index (χ3v) is 13.3. The molecule has 68 heavy (non-hydrogen) atoms. The zero-order chi connectivity index (χ0) is 47.4. The number of fused-ring (bicyclic) bond motifs is 4. The van der Waals surface area contributed by atoms with Crippen LogP contribution in [0, 0.1) is 6.07 Å². The molecule has 0 spiro atoms. The number of aliphatic imine (C=N–C) groups is 1. The van der Waals surface area contributed by atoms with Crippen LogP contribution in [0.25, 0.3) is 50.6 Å². The van der Waals surface area contributed by atoms with E-state index < -0.39 is 6.85 Å². The Bertz CT molecular complexity index is 3210. The van der Waals surface area contributed by atoms with Crippen molar-refractivity contribution in [1.29, 1.82) is 0 Å². The Morgan fingerprint density at radius 2 is 1.29 bits per heavy atom. The van der Waals surface area contributed by atoms with Crippen LogP contribution < -0.4 is 15.8 Å². The van der Waals surface area contributed by atoms with Crippen LogP contribution in [0.15, 0.2) is 144 Å². The number of hydrogen-bond acceptors (Lipinski definition) is 6. The second kappa shape index (κ2) is 16.8. The number of benzene rings is 5. The zero-order valence-electron chi connectivity index (χ0n) is 41.2. The van der Waals surface area contributed by atoms with Gasteiger partial charge in [0, 0.05) is 38.4 Å². The number of phenolic OH excluding ortho intramolecular Hbond substituents is 1. The molecule has 0 radical (unpaired) electrons. The number of pyridine rings is 1. The van der Waals surface area contributed by atoms with E-state index in [9.17, 15) is 5.11 Å². The first-order valence-electron chi connectivity index (χ1n) is 23.4. The van der Waals surface area contributed by atoms with Crippen LogP contribution in [0.2, 0.25) is 0 Å². The average Bonchev–Trinajstić information content (AvgIpc) is 3.66. The van der Waals surface area contributed by atoms with Crippen LogP contribution in [0.5, 0.6) is 11.6 Å². The van der Waals surface area contributed by atoms with Gasteiger partial charge in [0.15, 0.2) is 11.7 Å². The number of phenols is 1. The van der Waals surface area contributed by atoms with Gasteiger partial charge in [0.2, 0.25) is 5.88 Å². The molecule has 1 N–H and O–H groups in total. The molecule has 0 unspecified atom stereocenters. The summed E-state index contributed by atoms with van der Waals surface area (Å²) >= 11 is 0. The molecule has 7 nitrogen and oxygen atoms in total. The van der Waals surface area contributed by atoms with Crippen molar-refractivity contribution in [2.24, 2.45) is 4.99 Å². The minimum Gasteiger partial charge on any atom is -0.507 e. The molecule has 5 aromatic carbocycles. The van der Waals surface area contributed by atoms with E-state index in [4.69, 9.17) is 19.7 Å². The van der Waals surface area contributed by atoms with Gasteiger partial charge in [-0.1, -0.05) is 168 Å². The average molecular weight is 1080 g/mol. The number of hydrogen-bond donors (Lipinski definition) is 1. The van der Waals surface area contributed by atoms with Crippen molar-refractivity contribution in [2.45, 2.75) is 105 Å². The summed E-state index contributed by atoms with van der Waals surface area (Å²) in [7, 11) is 0. The number of amidine groups is 1. The number of rotatable bonds is 5. The van der Waals surface area contributed by atoms with Gasteiger partial charge >= 0.3 is 6.85 Å². The Hall–Kier alpha value is -6.24. The number of imidazole rings is 1. The summed E-state index contributed by atoms with van der Waals surface area (Å²) in [5.41, 5.74) is 13.2. The maximum absolute atomic E-state index is 12.7. The second-order valence-electron chi connectivity index (χ2n) is 22.3. The summed E-state index contributed by atoms with van der Waals surface area (Å²) in [5.74, 6) is 2.76. The topological polar surface area (TPSA) is 75.8 Å². The van der Waals surface area contributed by atoms with E-state index in [0.29, 0.717) is 28.7 Å². The third-order valence-electron chi connectivity index (χ3n) is 13.3. The predicted octanol–water partition coefficient (Wildman–Crippen LogP) is 12.9. The van der Waals surface area contributed by atoms with Crippen molar-refractivity contribution in [3.63, 3.8) is 0 Å². The van der Waals surface area contributed by atoms with Crippen LogP contribution >= 0.6 is 0 Å². The fraction of sp³-hybridized carbons (Fsp3) is 0.271. The number of nitrogens with zero attached hydrogens (tertiary/aromatic N) is 5. The standard InChI is InChI=1S/C59H59BN5O2.Pt/c1-56(2,3)40-26-27-48(42(33-40)37-22-17-14-18-23-37)64-54(43-34-41(57(4,5)6)35-45(52(43)66)59(10,11)12)63-53-55(64)67-50-25-19-24-49-62-51-44(58(7,8)9)30-39(31-46(51)60(53)65(49)50)47-32-38(28-29-61-47)36-20-15-13-16-21-36;/h13-30,32-35,66H,1-12H3;/q-1;. The number of aromatic nitrogens is 3. The fourth-order valence-electron chi connectivity index (χ4n) is 9.50. The van der Waals surface area contributed by atoms with Gasteiger partial charge in [-0.15, -0.1) is 28.7 Å². The molecule has 0 aliphatic carbocycles. The molecule has 7 aromatic rings. The van der Waals surface area contributed by atoms with E-state index in [-0.39, 0.29) is 48.5 Å². The maximum atomic E-state index is 12.7. The van der Waals surface area contributed by atoms with Gasteiger partial charge in [0.25, 0.3) is 0 Å². The molecule has 0 bridgehead atoms. The first kappa shape index (κ1) is 46.9. The molecule has 0 fully saturated rings. The van der Waals surface area contributed by atoms with Crippen LogP contribution in [-0.2, 0) is 42.7 Å². The van der Waals surface area contributed by atoms with Gasteiger partial charge in [-0.25, -0.2) is 4.98 Å². The van der Waals surface area contributed by atoms with Gasteiger partial charge in [-0.3, -0.25) is 9.56 Å². The van der Waals surface area contributed by atoms with Crippen molar-refractivity contribution in [1.82, 2.24) is 19.3 Å². The number of aromatic hydroxyl groups is 1. The number of ether oxygens (including phenoxy) is 1. The molecule has 3 aliphatic rings. The zero-order valence-corrected chi connectivity index (χ0v) is 43.5. The molecule has 0 saturated heterocycles. The minimum absolute atomic E-state index is 0. The van der Waals surface area contributed by atoms with Gasteiger partial charge in [-0.2, -0.15) is 0 Å². The molecule has 2 aromatic heterocycles. The summed E-state index contributed by atoms with van der Waals surface area (Å²) < 4.78 is 9.37. The van der Waals surface area contributed by atoms with Gasteiger partial charge in [-0.05, 0) is 97.3 Å². The SMILES string of the molecule is CC(C)(C)c1ccc(-n2c(-c3cc(C(C)(C)C)cc(C(C)(C)C)c3O)nc3c2OC2=CC=CC4=Nc5c([c-]c(-c6cc(-c7ccccc7)ccn6)cc5C(C)(C)C)B3N24)c(-c2ccccc2)c1.[Pt]. The maximum Gasteiger partial charge on any atom is 0.343 e. The van der Waals surface area contributed by atoms with Crippen molar-refractivity contribution < 1.29 is 30.9 Å². The minimum atomic E-state index is -0.496. The molecule has 5 heterocycles. The van der Waals surface area contributed by atoms with E-state index >= 15 is 0 Å². The Kier molecular flexibility index (Phi) is 11.6. The molecule has 9 heteroatoms. The quantitative estimate of drug-likeness (QED) is 0.137. The predicted molar refractivity (Wildman–Crippen MR) is 277 cm³/mol. The van der Waals surface area contributed by atoms with E-state index in [1.54, 1.807) is 0 Å². The van der Waals surface area contributed by atoms with Crippen molar-refractivity contribution in [2.75, 3.05) is 0 Å². The van der Waals surface area contributed by atoms with Gasteiger partial charge < -0.3 is 19.6 Å². The van der Waals surface area contributed by atoms with Crippen molar-refractivity contribution in [3.05, 3.63) is 168 Å². The van der Waals surface area contributed by atoms with Crippen molar-refractivity contribution in [3.8, 4) is 62.2 Å². The van der Waals surface area contributed by atoms with E-state index in [2.05, 4.69) is 202 Å². The first-order valence-corrected chi connectivity index (χ1v) is 23.4. The Morgan fingerprint density at radius 1 is 0.647 bits per heavy atom. The van der Waals surface area contributed by atoms with Crippen LogP contribution in [0.1, 0.15) is 105 Å². The molecule has 346 valence electrons. The molecule has 3 aliphatic heterocycles. The van der Waals surface area contributed by atoms with E-state index in [1.807, 2.05) is 30.5 Å². The van der Waals surface area contributed by atoms with Gasteiger partial charge in [0.05, 0.1) is 16.8 Å². The number of allylic oxidation sites excluding steroid dienone is 2.